The smallest absolute Gasteiger partial charge is 0.0472 e. The first-order valence-corrected chi connectivity index (χ1v) is 7.59. The number of hydrogen-bond donors (Lipinski definition) is 1. The Morgan fingerprint density at radius 3 is 2.50 bits per heavy atom. The molecule has 2 rings (SSSR count). The fourth-order valence-corrected chi connectivity index (χ4v) is 2.99. The van der Waals surface area contributed by atoms with Crippen LogP contribution in [0.4, 0.5) is 0 Å². The molecule has 1 aliphatic heterocycles. The van der Waals surface area contributed by atoms with Gasteiger partial charge < -0.3 is 15.0 Å². The highest BCUT2D eigenvalue weighted by atomic mass is 16.5. The van der Waals surface area contributed by atoms with Gasteiger partial charge in [0.25, 0.3) is 0 Å². The minimum atomic E-state index is 0.437. The van der Waals surface area contributed by atoms with Crippen LogP contribution >= 0.6 is 0 Å². The Labute approximate surface area is 112 Å². The molecule has 0 bridgehead atoms. The Morgan fingerprint density at radius 2 is 1.94 bits per heavy atom. The molecular weight excluding hydrogens is 224 g/mol. The summed E-state index contributed by atoms with van der Waals surface area (Å²) in [6.45, 7) is 10.0. The van der Waals surface area contributed by atoms with E-state index in [1.807, 2.05) is 0 Å². The molecule has 0 amide bonds. The Morgan fingerprint density at radius 1 is 1.28 bits per heavy atom. The van der Waals surface area contributed by atoms with Crippen LogP contribution in [0.15, 0.2) is 0 Å². The van der Waals surface area contributed by atoms with Crippen molar-refractivity contribution in [2.75, 3.05) is 39.9 Å². The zero-order valence-electron chi connectivity index (χ0n) is 12.4. The van der Waals surface area contributed by atoms with Crippen molar-refractivity contribution in [3.8, 4) is 0 Å². The zero-order valence-corrected chi connectivity index (χ0v) is 12.4. The van der Waals surface area contributed by atoms with Gasteiger partial charge >= 0.3 is 0 Å². The quantitative estimate of drug-likeness (QED) is 0.753. The van der Waals surface area contributed by atoms with Crippen LogP contribution in [-0.4, -0.2) is 50.8 Å². The summed E-state index contributed by atoms with van der Waals surface area (Å²) in [5.74, 6) is 0.991. The second kappa shape index (κ2) is 6.36. The lowest BCUT2D eigenvalue weighted by molar-refractivity contribution is -0.00195. The lowest BCUT2D eigenvalue weighted by atomic mass is 9.79. The van der Waals surface area contributed by atoms with Gasteiger partial charge in [0, 0.05) is 38.9 Å². The number of rotatable bonds is 7. The fourth-order valence-electron chi connectivity index (χ4n) is 2.99. The molecule has 0 aromatic carbocycles. The largest absolute Gasteiger partial charge is 0.381 e. The predicted molar refractivity (Wildman–Crippen MR) is 75.8 cm³/mol. The molecule has 0 aromatic rings. The van der Waals surface area contributed by atoms with Crippen LogP contribution in [0.25, 0.3) is 0 Å². The SMILES string of the molecule is CC(C)NCC1(CN(C)CC2CC2)CCOCC1. The van der Waals surface area contributed by atoms with Crippen LogP contribution in [-0.2, 0) is 4.74 Å². The van der Waals surface area contributed by atoms with Crippen molar-refractivity contribution in [2.45, 2.75) is 45.6 Å². The van der Waals surface area contributed by atoms with Gasteiger partial charge in [0.2, 0.25) is 0 Å². The topological polar surface area (TPSA) is 24.5 Å². The highest BCUT2D eigenvalue weighted by molar-refractivity contribution is 4.88. The van der Waals surface area contributed by atoms with Crippen LogP contribution in [0.3, 0.4) is 0 Å². The lowest BCUT2D eigenvalue weighted by Crippen LogP contribution is -2.48. The number of ether oxygens (including phenoxy) is 1. The third-order valence-corrected chi connectivity index (χ3v) is 4.31. The molecule has 3 heteroatoms. The van der Waals surface area contributed by atoms with E-state index in [9.17, 15) is 0 Å². The van der Waals surface area contributed by atoms with Crippen molar-refractivity contribution in [3.05, 3.63) is 0 Å². The van der Waals surface area contributed by atoms with Gasteiger partial charge in [-0.15, -0.1) is 0 Å². The van der Waals surface area contributed by atoms with Gasteiger partial charge in [-0.1, -0.05) is 13.8 Å². The van der Waals surface area contributed by atoms with Gasteiger partial charge in [0.05, 0.1) is 0 Å². The molecule has 1 aliphatic carbocycles. The summed E-state index contributed by atoms with van der Waals surface area (Å²) in [4.78, 5) is 2.56. The van der Waals surface area contributed by atoms with E-state index >= 15 is 0 Å². The van der Waals surface area contributed by atoms with Crippen LogP contribution < -0.4 is 5.32 Å². The minimum absolute atomic E-state index is 0.437. The number of hydrogen-bond acceptors (Lipinski definition) is 3. The Bertz CT molecular complexity index is 245. The maximum Gasteiger partial charge on any atom is 0.0472 e. The monoisotopic (exact) mass is 254 g/mol. The predicted octanol–water partition coefficient (Wildman–Crippen LogP) is 2.12. The molecule has 1 heterocycles. The first kappa shape index (κ1) is 14.3. The van der Waals surface area contributed by atoms with E-state index < -0.39 is 0 Å². The summed E-state index contributed by atoms with van der Waals surface area (Å²) in [6, 6.07) is 0.582. The maximum atomic E-state index is 5.56. The van der Waals surface area contributed by atoms with Gasteiger partial charge in [0.15, 0.2) is 0 Å². The van der Waals surface area contributed by atoms with Gasteiger partial charge in [-0.25, -0.2) is 0 Å². The summed E-state index contributed by atoms with van der Waals surface area (Å²) in [7, 11) is 2.30. The molecule has 1 saturated carbocycles. The van der Waals surface area contributed by atoms with Crippen LogP contribution in [0, 0.1) is 11.3 Å². The van der Waals surface area contributed by atoms with Crippen molar-refractivity contribution >= 4 is 0 Å². The molecule has 0 atom stereocenters. The molecule has 18 heavy (non-hydrogen) atoms. The summed E-state index contributed by atoms with van der Waals surface area (Å²) >= 11 is 0. The van der Waals surface area contributed by atoms with Crippen molar-refractivity contribution < 1.29 is 4.74 Å². The van der Waals surface area contributed by atoms with Gasteiger partial charge in [-0.2, -0.15) is 0 Å². The van der Waals surface area contributed by atoms with Crippen molar-refractivity contribution in [1.82, 2.24) is 10.2 Å². The van der Waals surface area contributed by atoms with Gasteiger partial charge in [-0.05, 0) is 44.1 Å². The first-order valence-electron chi connectivity index (χ1n) is 7.59. The molecule has 3 nitrogen and oxygen atoms in total. The number of nitrogens with zero attached hydrogens (tertiary/aromatic N) is 1. The molecule has 0 aromatic heterocycles. The van der Waals surface area contributed by atoms with Crippen molar-refractivity contribution in [1.29, 1.82) is 0 Å². The highest BCUT2D eigenvalue weighted by Crippen LogP contribution is 2.33. The molecule has 1 N–H and O–H groups in total. The molecule has 2 fully saturated rings. The highest BCUT2D eigenvalue weighted by Gasteiger charge is 2.34. The van der Waals surface area contributed by atoms with E-state index in [1.54, 1.807) is 0 Å². The van der Waals surface area contributed by atoms with Crippen LogP contribution in [0.1, 0.15) is 39.5 Å². The summed E-state index contributed by atoms with van der Waals surface area (Å²) in [5.41, 5.74) is 0.437. The number of nitrogens with one attached hydrogen (secondary N) is 1. The average molecular weight is 254 g/mol. The van der Waals surface area contributed by atoms with E-state index in [-0.39, 0.29) is 0 Å². The third-order valence-electron chi connectivity index (χ3n) is 4.31. The molecule has 2 aliphatic rings. The second-order valence-corrected chi connectivity index (χ2v) is 6.79. The molecule has 106 valence electrons. The van der Waals surface area contributed by atoms with Crippen LogP contribution in [0.2, 0.25) is 0 Å². The van der Waals surface area contributed by atoms with E-state index in [0.29, 0.717) is 11.5 Å². The van der Waals surface area contributed by atoms with Crippen molar-refractivity contribution in [2.24, 2.45) is 11.3 Å². The normalized spacial score (nSPS) is 23.8. The Kier molecular flexibility index (Phi) is 5.05. The summed E-state index contributed by atoms with van der Waals surface area (Å²) < 4.78 is 5.56. The van der Waals surface area contributed by atoms with Crippen molar-refractivity contribution in [3.63, 3.8) is 0 Å². The molecule has 1 saturated heterocycles. The lowest BCUT2D eigenvalue weighted by Gasteiger charge is -2.41. The van der Waals surface area contributed by atoms with E-state index in [1.165, 1.54) is 38.8 Å². The fraction of sp³-hybridized carbons (Fsp3) is 1.00. The van der Waals surface area contributed by atoms with Gasteiger partial charge in [0.1, 0.15) is 0 Å². The Hall–Kier alpha value is -0.120. The Balaban J connectivity index is 1.85. The van der Waals surface area contributed by atoms with Gasteiger partial charge in [-0.3, -0.25) is 0 Å². The molecule has 0 radical (unpaired) electrons. The summed E-state index contributed by atoms with van der Waals surface area (Å²) in [5, 5.41) is 3.65. The molecule has 0 unspecified atom stereocenters. The molecular formula is C15H30N2O. The van der Waals surface area contributed by atoms with E-state index in [2.05, 4.69) is 31.1 Å². The zero-order chi connectivity index (χ0) is 13.0. The second-order valence-electron chi connectivity index (χ2n) is 6.79. The van der Waals surface area contributed by atoms with E-state index in [4.69, 9.17) is 4.74 Å². The third kappa shape index (κ3) is 4.52. The first-order chi connectivity index (χ1) is 8.60. The maximum absolute atomic E-state index is 5.56. The molecule has 0 spiro atoms. The van der Waals surface area contributed by atoms with Crippen LogP contribution in [0.5, 0.6) is 0 Å². The standard InChI is InChI=1S/C15H30N2O/c1-13(2)16-11-15(6-8-18-9-7-15)12-17(3)10-14-4-5-14/h13-14,16H,4-12H2,1-3H3. The minimum Gasteiger partial charge on any atom is -0.381 e. The van der Waals surface area contributed by atoms with E-state index in [0.717, 1.165) is 25.7 Å². The average Bonchev–Trinajstić information content (AvgIpc) is 3.11. The summed E-state index contributed by atoms with van der Waals surface area (Å²) in [6.07, 6.45) is 5.32.